The highest BCUT2D eigenvalue weighted by Gasteiger charge is 2.01. The van der Waals surface area contributed by atoms with Crippen LogP contribution in [0.1, 0.15) is 63.6 Å². The van der Waals surface area contributed by atoms with Crippen molar-refractivity contribution in [1.29, 1.82) is 0 Å². The number of nitrogens with one attached hydrogen (secondary N) is 1. The van der Waals surface area contributed by atoms with Gasteiger partial charge in [-0.3, -0.25) is 0 Å². The average molecular weight is 278 g/mol. The summed E-state index contributed by atoms with van der Waals surface area (Å²) in [6, 6.07) is 4.18. The van der Waals surface area contributed by atoms with Crippen molar-refractivity contribution in [3.05, 3.63) is 23.4 Å². The van der Waals surface area contributed by atoms with E-state index in [2.05, 4.69) is 36.3 Å². The second-order valence-corrected chi connectivity index (χ2v) is 5.39. The van der Waals surface area contributed by atoms with Gasteiger partial charge in [0.15, 0.2) is 0 Å². The van der Waals surface area contributed by atoms with Crippen LogP contribution in [0.5, 0.6) is 5.88 Å². The first-order valence-electron chi connectivity index (χ1n) is 8.07. The van der Waals surface area contributed by atoms with Gasteiger partial charge in [0.05, 0.1) is 6.61 Å². The van der Waals surface area contributed by atoms with E-state index in [0.29, 0.717) is 0 Å². The second-order valence-electron chi connectivity index (χ2n) is 5.39. The van der Waals surface area contributed by atoms with Gasteiger partial charge in [0.25, 0.3) is 0 Å². The third-order valence-electron chi connectivity index (χ3n) is 3.24. The summed E-state index contributed by atoms with van der Waals surface area (Å²) in [5.74, 6) is 0.772. The molecule has 3 heteroatoms. The molecule has 0 atom stereocenters. The van der Waals surface area contributed by atoms with Crippen LogP contribution >= 0.6 is 0 Å². The normalized spacial score (nSPS) is 10.8. The molecule has 1 aromatic heterocycles. The number of hydrogen-bond donors (Lipinski definition) is 1. The minimum Gasteiger partial charge on any atom is -0.478 e. The zero-order valence-corrected chi connectivity index (χ0v) is 13.4. The fourth-order valence-corrected chi connectivity index (χ4v) is 2.17. The molecule has 0 unspecified atom stereocenters. The summed E-state index contributed by atoms with van der Waals surface area (Å²) < 4.78 is 5.78. The number of unbranched alkanes of at least 4 members (excludes halogenated alkanes) is 4. The highest BCUT2D eigenvalue weighted by molar-refractivity contribution is 5.24. The van der Waals surface area contributed by atoms with E-state index in [-0.39, 0.29) is 0 Å². The molecule has 0 aliphatic carbocycles. The van der Waals surface area contributed by atoms with Crippen molar-refractivity contribution in [2.24, 2.45) is 0 Å². The molecule has 0 amide bonds. The van der Waals surface area contributed by atoms with Gasteiger partial charge >= 0.3 is 0 Å². The molecule has 0 bridgehead atoms. The lowest BCUT2D eigenvalue weighted by atomic mass is 10.2. The number of rotatable bonds is 11. The molecule has 0 aliphatic heterocycles. The van der Waals surface area contributed by atoms with E-state index >= 15 is 0 Å². The molecular weight excluding hydrogens is 248 g/mol. The third-order valence-corrected chi connectivity index (χ3v) is 3.24. The van der Waals surface area contributed by atoms with Crippen LogP contribution < -0.4 is 10.1 Å². The van der Waals surface area contributed by atoms with Gasteiger partial charge in [0.1, 0.15) is 0 Å². The van der Waals surface area contributed by atoms with Crippen LogP contribution in [-0.2, 0) is 6.54 Å². The summed E-state index contributed by atoms with van der Waals surface area (Å²) in [7, 11) is 0. The number of nitrogens with zero attached hydrogens (tertiary/aromatic N) is 1. The van der Waals surface area contributed by atoms with Crippen molar-refractivity contribution in [1.82, 2.24) is 10.3 Å². The molecule has 3 nitrogen and oxygen atoms in total. The van der Waals surface area contributed by atoms with Crippen LogP contribution in [0.25, 0.3) is 0 Å². The predicted molar refractivity (Wildman–Crippen MR) is 85.2 cm³/mol. The van der Waals surface area contributed by atoms with Crippen LogP contribution in [0, 0.1) is 6.92 Å². The predicted octanol–water partition coefficient (Wildman–Crippen LogP) is 4.24. The highest BCUT2D eigenvalue weighted by atomic mass is 16.5. The third kappa shape index (κ3) is 7.49. The molecule has 1 N–H and O–H groups in total. The number of pyridine rings is 1. The van der Waals surface area contributed by atoms with Gasteiger partial charge in [-0.05, 0) is 37.9 Å². The van der Waals surface area contributed by atoms with E-state index in [1.165, 1.54) is 31.2 Å². The highest BCUT2D eigenvalue weighted by Crippen LogP contribution is 2.13. The molecule has 0 saturated carbocycles. The largest absolute Gasteiger partial charge is 0.478 e. The topological polar surface area (TPSA) is 34.1 Å². The lowest BCUT2D eigenvalue weighted by Gasteiger charge is -2.09. The van der Waals surface area contributed by atoms with Crippen molar-refractivity contribution in [2.75, 3.05) is 13.2 Å². The van der Waals surface area contributed by atoms with E-state index in [4.69, 9.17) is 4.74 Å². The summed E-state index contributed by atoms with van der Waals surface area (Å²) in [5.41, 5.74) is 2.29. The maximum Gasteiger partial charge on any atom is 0.213 e. The van der Waals surface area contributed by atoms with Gasteiger partial charge in [0.2, 0.25) is 5.88 Å². The first-order valence-corrected chi connectivity index (χ1v) is 8.07. The molecule has 1 aromatic rings. The number of aryl methyl sites for hydroxylation is 1. The van der Waals surface area contributed by atoms with Crippen LogP contribution in [0.15, 0.2) is 12.1 Å². The van der Waals surface area contributed by atoms with E-state index < -0.39 is 0 Å². The van der Waals surface area contributed by atoms with Gasteiger partial charge in [-0.1, -0.05) is 39.5 Å². The van der Waals surface area contributed by atoms with Crippen LogP contribution in [0.3, 0.4) is 0 Å². The molecular formula is C17H30N2O. The maximum absolute atomic E-state index is 5.78. The summed E-state index contributed by atoms with van der Waals surface area (Å²) in [6.07, 6.45) is 7.46. The lowest BCUT2D eigenvalue weighted by Crippen LogP contribution is -2.14. The fourth-order valence-electron chi connectivity index (χ4n) is 2.17. The SMILES string of the molecule is CCCCCCCOc1cc(CNCCC)cc(C)n1. The zero-order valence-electron chi connectivity index (χ0n) is 13.4. The Morgan fingerprint density at radius 2 is 1.85 bits per heavy atom. The lowest BCUT2D eigenvalue weighted by molar-refractivity contribution is 0.292. The summed E-state index contributed by atoms with van der Waals surface area (Å²) in [5, 5.41) is 3.41. The van der Waals surface area contributed by atoms with Crippen molar-refractivity contribution in [2.45, 2.75) is 65.8 Å². The van der Waals surface area contributed by atoms with Crippen LogP contribution in [0.4, 0.5) is 0 Å². The molecule has 0 fully saturated rings. The van der Waals surface area contributed by atoms with Gasteiger partial charge < -0.3 is 10.1 Å². The van der Waals surface area contributed by atoms with Crippen LogP contribution in [0.2, 0.25) is 0 Å². The fraction of sp³-hybridized carbons (Fsp3) is 0.706. The van der Waals surface area contributed by atoms with E-state index in [9.17, 15) is 0 Å². The Kier molecular flexibility index (Phi) is 9.05. The monoisotopic (exact) mass is 278 g/mol. The Morgan fingerprint density at radius 1 is 1.05 bits per heavy atom. The molecule has 114 valence electrons. The number of aromatic nitrogens is 1. The van der Waals surface area contributed by atoms with Crippen LogP contribution in [-0.4, -0.2) is 18.1 Å². The first-order chi connectivity index (χ1) is 9.76. The molecule has 1 heterocycles. The van der Waals surface area contributed by atoms with Crippen molar-refractivity contribution < 1.29 is 4.74 Å². The Balaban J connectivity index is 2.33. The average Bonchev–Trinajstić information content (AvgIpc) is 2.42. The van der Waals surface area contributed by atoms with Gasteiger partial charge in [0, 0.05) is 18.3 Å². The van der Waals surface area contributed by atoms with Gasteiger partial charge in [-0.15, -0.1) is 0 Å². The van der Waals surface area contributed by atoms with Crippen molar-refractivity contribution in [3.63, 3.8) is 0 Å². The minimum atomic E-state index is 0.772. The summed E-state index contributed by atoms with van der Waals surface area (Å²) in [4.78, 5) is 4.45. The summed E-state index contributed by atoms with van der Waals surface area (Å²) >= 11 is 0. The number of hydrogen-bond acceptors (Lipinski definition) is 3. The zero-order chi connectivity index (χ0) is 14.6. The summed E-state index contributed by atoms with van der Waals surface area (Å²) in [6.45, 7) is 9.16. The first kappa shape index (κ1) is 17.0. The molecule has 20 heavy (non-hydrogen) atoms. The minimum absolute atomic E-state index is 0.772. The van der Waals surface area contributed by atoms with E-state index in [0.717, 1.165) is 44.1 Å². The molecule has 0 saturated heterocycles. The standard InChI is InChI=1S/C17H30N2O/c1-4-6-7-8-9-11-20-17-13-16(12-15(3)19-17)14-18-10-5-2/h12-13,18H,4-11,14H2,1-3H3. The molecule has 0 spiro atoms. The molecule has 0 aromatic carbocycles. The number of ether oxygens (including phenoxy) is 1. The quantitative estimate of drug-likeness (QED) is 0.615. The Labute approximate surface area is 124 Å². The Bertz CT molecular complexity index is 366. The van der Waals surface area contributed by atoms with Gasteiger partial charge in [-0.25, -0.2) is 4.98 Å². The Hall–Kier alpha value is -1.09. The second kappa shape index (κ2) is 10.7. The van der Waals surface area contributed by atoms with Crippen molar-refractivity contribution in [3.8, 4) is 5.88 Å². The van der Waals surface area contributed by atoms with Crippen molar-refractivity contribution >= 4 is 0 Å². The van der Waals surface area contributed by atoms with E-state index in [1.807, 2.05) is 6.92 Å². The molecule has 0 radical (unpaired) electrons. The molecule has 1 rings (SSSR count). The molecule has 0 aliphatic rings. The van der Waals surface area contributed by atoms with Gasteiger partial charge in [-0.2, -0.15) is 0 Å². The maximum atomic E-state index is 5.78. The van der Waals surface area contributed by atoms with E-state index in [1.54, 1.807) is 0 Å². The smallest absolute Gasteiger partial charge is 0.213 e. The Morgan fingerprint density at radius 3 is 2.60 bits per heavy atom.